The van der Waals surface area contributed by atoms with E-state index in [4.69, 9.17) is 4.74 Å². The molecule has 33 heavy (non-hydrogen) atoms. The van der Waals surface area contributed by atoms with Gasteiger partial charge < -0.3 is 4.74 Å². The fourth-order valence-corrected chi connectivity index (χ4v) is 4.57. The summed E-state index contributed by atoms with van der Waals surface area (Å²) in [6.45, 7) is 0.531. The second-order valence-corrected chi connectivity index (χ2v) is 8.29. The van der Waals surface area contributed by atoms with Gasteiger partial charge in [-0.15, -0.1) is 5.10 Å². The number of tetrazole rings is 1. The quantitative estimate of drug-likeness (QED) is 0.402. The molecule has 1 heterocycles. The van der Waals surface area contributed by atoms with Crippen LogP contribution in [0, 0.1) is 0 Å². The van der Waals surface area contributed by atoms with Crippen molar-refractivity contribution in [3.05, 3.63) is 119 Å². The number of hydrogen-bond donors (Lipinski definition) is 1. The Morgan fingerprint density at radius 3 is 2.52 bits per heavy atom. The number of ether oxygens (including phenoxy) is 1. The molecule has 160 valence electrons. The fourth-order valence-electron chi connectivity index (χ4n) is 4.57. The third kappa shape index (κ3) is 3.89. The van der Waals surface area contributed by atoms with Crippen LogP contribution in [-0.4, -0.2) is 20.6 Å². The number of aromatic nitrogens is 4. The maximum Gasteiger partial charge on any atom is 0.172 e. The Kier molecular flexibility index (Phi) is 4.92. The first-order valence-electron chi connectivity index (χ1n) is 11.1. The molecule has 6 rings (SSSR count). The first kappa shape index (κ1) is 19.4. The van der Waals surface area contributed by atoms with Gasteiger partial charge in [0, 0.05) is 0 Å². The Hall–Kier alpha value is -4.25. The summed E-state index contributed by atoms with van der Waals surface area (Å²) < 4.78 is 6.15. The molecule has 0 spiro atoms. The molecular formula is C28H22N4O. The smallest absolute Gasteiger partial charge is 0.172 e. The predicted molar refractivity (Wildman–Crippen MR) is 130 cm³/mol. The van der Waals surface area contributed by atoms with Gasteiger partial charge in [-0.3, -0.25) is 0 Å². The van der Waals surface area contributed by atoms with E-state index in [0.29, 0.717) is 12.4 Å². The monoisotopic (exact) mass is 430 g/mol. The second-order valence-electron chi connectivity index (χ2n) is 8.29. The van der Waals surface area contributed by atoms with Crippen LogP contribution in [0.25, 0.3) is 22.4 Å². The SMILES string of the molecule is C(=C1c2ccccc2CCc2cc(COc3ccc4ccccc4c3)ccc21)c1nnn[nH]1. The zero-order chi connectivity index (χ0) is 22.0. The number of rotatable bonds is 4. The lowest BCUT2D eigenvalue weighted by Crippen LogP contribution is -1.99. The number of aryl methyl sites for hydroxylation is 2. The lowest BCUT2D eigenvalue weighted by molar-refractivity contribution is 0.306. The molecular weight excluding hydrogens is 408 g/mol. The topological polar surface area (TPSA) is 63.7 Å². The molecule has 0 radical (unpaired) electrons. The molecule has 0 aliphatic heterocycles. The molecule has 1 aliphatic carbocycles. The van der Waals surface area contributed by atoms with Crippen molar-refractivity contribution in [1.29, 1.82) is 0 Å². The minimum absolute atomic E-state index is 0.531. The molecule has 0 atom stereocenters. The van der Waals surface area contributed by atoms with Gasteiger partial charge in [0.1, 0.15) is 12.4 Å². The summed E-state index contributed by atoms with van der Waals surface area (Å²) in [5, 5.41) is 16.8. The van der Waals surface area contributed by atoms with Crippen LogP contribution >= 0.6 is 0 Å². The van der Waals surface area contributed by atoms with E-state index in [-0.39, 0.29) is 0 Å². The van der Waals surface area contributed by atoms with E-state index in [1.807, 2.05) is 12.1 Å². The van der Waals surface area contributed by atoms with E-state index >= 15 is 0 Å². The maximum atomic E-state index is 6.15. The van der Waals surface area contributed by atoms with Crippen molar-refractivity contribution in [3.8, 4) is 5.75 Å². The molecule has 4 aromatic carbocycles. The average Bonchev–Trinajstić information content (AvgIpc) is 3.33. The number of nitrogens with one attached hydrogen (secondary N) is 1. The van der Waals surface area contributed by atoms with Crippen molar-refractivity contribution in [2.24, 2.45) is 0 Å². The Morgan fingerprint density at radius 1 is 0.788 bits per heavy atom. The molecule has 1 N–H and O–H groups in total. The van der Waals surface area contributed by atoms with E-state index in [0.717, 1.165) is 29.7 Å². The molecule has 0 bridgehead atoms. The van der Waals surface area contributed by atoms with Crippen molar-refractivity contribution in [2.45, 2.75) is 19.4 Å². The summed E-state index contributed by atoms with van der Waals surface area (Å²) in [6.07, 6.45) is 4.00. The zero-order valence-corrected chi connectivity index (χ0v) is 18.0. The third-order valence-electron chi connectivity index (χ3n) is 6.20. The highest BCUT2D eigenvalue weighted by Crippen LogP contribution is 2.35. The van der Waals surface area contributed by atoms with Crippen LogP contribution in [0.2, 0.25) is 0 Å². The van der Waals surface area contributed by atoms with Crippen molar-refractivity contribution >= 4 is 22.4 Å². The van der Waals surface area contributed by atoms with Gasteiger partial charge in [-0.2, -0.15) is 0 Å². The summed E-state index contributed by atoms with van der Waals surface area (Å²) >= 11 is 0. The van der Waals surface area contributed by atoms with Gasteiger partial charge in [0.2, 0.25) is 0 Å². The van der Waals surface area contributed by atoms with Gasteiger partial charge in [0.25, 0.3) is 0 Å². The Bertz CT molecular complexity index is 1470. The molecule has 1 aliphatic rings. The van der Waals surface area contributed by atoms with Crippen LogP contribution in [0.15, 0.2) is 84.9 Å². The molecule has 0 saturated carbocycles. The number of aromatic amines is 1. The number of nitrogens with zero attached hydrogens (tertiary/aromatic N) is 3. The van der Waals surface area contributed by atoms with Crippen LogP contribution in [0.4, 0.5) is 0 Å². The number of benzene rings is 4. The van der Waals surface area contributed by atoms with Crippen LogP contribution in [-0.2, 0) is 19.4 Å². The number of fused-ring (bicyclic) bond motifs is 3. The predicted octanol–water partition coefficient (Wildman–Crippen LogP) is 5.62. The van der Waals surface area contributed by atoms with Crippen LogP contribution < -0.4 is 4.74 Å². The van der Waals surface area contributed by atoms with E-state index in [1.165, 1.54) is 33.0 Å². The third-order valence-corrected chi connectivity index (χ3v) is 6.20. The summed E-state index contributed by atoms with van der Waals surface area (Å²) in [4.78, 5) is 0. The molecule has 1 aromatic heterocycles. The molecule has 5 nitrogen and oxygen atoms in total. The highest BCUT2D eigenvalue weighted by atomic mass is 16.5. The van der Waals surface area contributed by atoms with Crippen LogP contribution in [0.1, 0.15) is 33.6 Å². The van der Waals surface area contributed by atoms with Crippen LogP contribution in [0.3, 0.4) is 0 Å². The normalized spacial score (nSPS) is 14.0. The second kappa shape index (κ2) is 8.36. The van der Waals surface area contributed by atoms with Crippen molar-refractivity contribution in [2.75, 3.05) is 0 Å². The van der Waals surface area contributed by atoms with E-state index < -0.39 is 0 Å². The number of H-pyrrole nitrogens is 1. The van der Waals surface area contributed by atoms with Gasteiger partial charge in [-0.1, -0.05) is 72.8 Å². The highest BCUT2D eigenvalue weighted by Gasteiger charge is 2.19. The first-order valence-corrected chi connectivity index (χ1v) is 11.1. The molecule has 0 saturated heterocycles. The maximum absolute atomic E-state index is 6.15. The summed E-state index contributed by atoms with van der Waals surface area (Å²) in [5.41, 5.74) is 7.39. The fraction of sp³-hybridized carbons (Fsp3) is 0.107. The van der Waals surface area contributed by atoms with Crippen LogP contribution in [0.5, 0.6) is 5.75 Å². The summed E-state index contributed by atoms with van der Waals surface area (Å²) in [5.74, 6) is 1.53. The van der Waals surface area contributed by atoms with Gasteiger partial charge in [-0.05, 0) is 85.6 Å². The lowest BCUT2D eigenvalue weighted by atomic mass is 9.92. The van der Waals surface area contributed by atoms with Gasteiger partial charge in [0.05, 0.1) is 0 Å². The van der Waals surface area contributed by atoms with Crippen molar-refractivity contribution in [3.63, 3.8) is 0 Å². The first-order chi connectivity index (χ1) is 16.3. The van der Waals surface area contributed by atoms with Gasteiger partial charge in [0.15, 0.2) is 5.82 Å². The summed E-state index contributed by atoms with van der Waals surface area (Å²) in [6, 6.07) is 29.8. The molecule has 0 amide bonds. The molecule has 0 unspecified atom stereocenters. The van der Waals surface area contributed by atoms with E-state index in [9.17, 15) is 0 Å². The number of hydrogen-bond acceptors (Lipinski definition) is 4. The van der Waals surface area contributed by atoms with Crippen molar-refractivity contribution in [1.82, 2.24) is 20.6 Å². The standard InChI is InChI=1S/C28H22N4O/c1-2-7-22-16-24(13-12-20(22)5-1)33-18-19-9-14-26-23(15-19)11-10-21-6-3-4-8-25(21)27(26)17-28-29-31-32-30-28/h1-9,12-17H,10-11,18H2,(H,29,30,31,32). The lowest BCUT2D eigenvalue weighted by Gasteiger charge is -2.13. The van der Waals surface area contributed by atoms with Gasteiger partial charge in [-0.25, -0.2) is 5.10 Å². The Balaban J connectivity index is 1.32. The Labute approximate surface area is 191 Å². The molecule has 5 heteroatoms. The molecule has 5 aromatic rings. The minimum atomic E-state index is 0.531. The average molecular weight is 431 g/mol. The van der Waals surface area contributed by atoms with Crippen molar-refractivity contribution < 1.29 is 4.74 Å². The Morgan fingerprint density at radius 2 is 1.61 bits per heavy atom. The molecule has 0 fully saturated rings. The van der Waals surface area contributed by atoms with Gasteiger partial charge >= 0.3 is 0 Å². The van der Waals surface area contributed by atoms with E-state index in [2.05, 4.69) is 99.5 Å². The summed E-state index contributed by atoms with van der Waals surface area (Å²) in [7, 11) is 0. The minimum Gasteiger partial charge on any atom is -0.489 e. The highest BCUT2D eigenvalue weighted by molar-refractivity contribution is 5.93. The largest absolute Gasteiger partial charge is 0.489 e. The zero-order valence-electron chi connectivity index (χ0n) is 18.0. The van der Waals surface area contributed by atoms with E-state index in [1.54, 1.807) is 0 Å².